The summed E-state index contributed by atoms with van der Waals surface area (Å²) in [5, 5.41) is 12.3. The molecule has 2 atom stereocenters. The average molecular weight is 179 g/mol. The van der Waals surface area contributed by atoms with Crippen LogP contribution in [0, 0.1) is 0 Å². The molecule has 0 bridgehead atoms. The predicted molar refractivity (Wildman–Crippen MR) is 42.2 cm³/mol. The van der Waals surface area contributed by atoms with E-state index >= 15 is 0 Å². The molecule has 0 saturated carbocycles. The summed E-state index contributed by atoms with van der Waals surface area (Å²) in [4.78, 5) is 0. The van der Waals surface area contributed by atoms with Gasteiger partial charge in [0.1, 0.15) is 10.7 Å². The van der Waals surface area contributed by atoms with Crippen LogP contribution in [0.2, 0.25) is 0 Å². The fraction of sp³-hybridized carbons (Fsp3) is 1.00. The molecule has 1 rings (SSSR count). The van der Waals surface area contributed by atoms with E-state index in [1.807, 2.05) is 0 Å². The van der Waals surface area contributed by atoms with Gasteiger partial charge in [0.2, 0.25) is 0 Å². The molecule has 0 amide bonds. The molecule has 1 heterocycles. The van der Waals surface area contributed by atoms with Crippen LogP contribution in [-0.4, -0.2) is 38.0 Å². The van der Waals surface area contributed by atoms with Crippen molar-refractivity contribution in [3.8, 4) is 0 Å². The molecule has 1 aliphatic heterocycles. The zero-order valence-electron chi connectivity index (χ0n) is 6.19. The molecule has 0 aliphatic carbocycles. The number of hydrogen-bond acceptors (Lipinski definition) is 4. The lowest BCUT2D eigenvalue weighted by Crippen LogP contribution is -2.37. The third-order valence-corrected chi connectivity index (χ3v) is 2.57. The predicted octanol–water partition coefficient (Wildman–Crippen LogP) is -1.29. The maximum atomic E-state index is 10.2. The van der Waals surface area contributed by atoms with E-state index in [0.717, 1.165) is 19.4 Å². The molecule has 1 fully saturated rings. The monoisotopic (exact) mass is 179 g/mol. The first-order chi connectivity index (χ1) is 5.20. The van der Waals surface area contributed by atoms with Gasteiger partial charge in [-0.15, -0.1) is 0 Å². The molecule has 2 N–H and O–H groups in total. The van der Waals surface area contributed by atoms with Gasteiger partial charge in [-0.2, -0.15) is 0 Å². The Morgan fingerprint density at radius 2 is 2.36 bits per heavy atom. The Kier molecular flexibility index (Phi) is 3.29. The van der Waals surface area contributed by atoms with E-state index in [4.69, 9.17) is 0 Å². The maximum absolute atomic E-state index is 10.2. The van der Waals surface area contributed by atoms with Gasteiger partial charge in [0.15, 0.2) is 0 Å². The van der Waals surface area contributed by atoms with Gasteiger partial charge in [-0.25, -0.2) is 8.42 Å². The zero-order valence-corrected chi connectivity index (χ0v) is 7.09. The van der Waals surface area contributed by atoms with Crippen LogP contribution in [0.3, 0.4) is 0 Å². The van der Waals surface area contributed by atoms with Gasteiger partial charge in [0.25, 0.3) is 0 Å². The summed E-state index contributed by atoms with van der Waals surface area (Å²) in [6, 6.07) is -0.0112. The van der Waals surface area contributed by atoms with Crippen molar-refractivity contribution in [3.63, 3.8) is 0 Å². The first kappa shape index (κ1) is 8.96. The van der Waals surface area contributed by atoms with Crippen LogP contribution in [0.1, 0.15) is 12.8 Å². The normalized spacial score (nSPS) is 27.6. The van der Waals surface area contributed by atoms with Crippen molar-refractivity contribution >= 4 is 10.7 Å². The van der Waals surface area contributed by atoms with Crippen molar-refractivity contribution in [3.05, 3.63) is 0 Å². The Morgan fingerprint density at radius 3 is 2.82 bits per heavy atom. The fourth-order valence-electron chi connectivity index (χ4n) is 1.32. The van der Waals surface area contributed by atoms with E-state index in [1.54, 1.807) is 0 Å². The van der Waals surface area contributed by atoms with E-state index in [-0.39, 0.29) is 11.8 Å². The number of aliphatic hydroxyl groups excluding tert-OH is 1. The average Bonchev–Trinajstić information content (AvgIpc) is 2.35. The van der Waals surface area contributed by atoms with E-state index in [0.29, 0.717) is 0 Å². The van der Waals surface area contributed by atoms with Gasteiger partial charge < -0.3 is 10.4 Å². The van der Waals surface area contributed by atoms with Gasteiger partial charge in [0, 0.05) is 6.04 Å². The lowest BCUT2D eigenvalue weighted by Gasteiger charge is -2.14. The maximum Gasteiger partial charge on any atom is 0.142 e. The second-order valence-electron chi connectivity index (χ2n) is 2.79. The molecule has 0 radical (unpaired) electrons. The third kappa shape index (κ3) is 2.76. The van der Waals surface area contributed by atoms with Crippen molar-refractivity contribution in [1.82, 2.24) is 5.32 Å². The molecule has 11 heavy (non-hydrogen) atoms. The highest BCUT2D eigenvalue weighted by atomic mass is 32.2. The lowest BCUT2D eigenvalue weighted by molar-refractivity contribution is 0.157. The van der Waals surface area contributed by atoms with Gasteiger partial charge in [-0.05, 0) is 19.4 Å². The summed E-state index contributed by atoms with van der Waals surface area (Å²) < 4.78 is 20.4. The van der Waals surface area contributed by atoms with Crippen molar-refractivity contribution in [2.24, 2.45) is 0 Å². The first-order valence-electron chi connectivity index (χ1n) is 3.73. The van der Waals surface area contributed by atoms with Crippen LogP contribution in [0.5, 0.6) is 0 Å². The Morgan fingerprint density at radius 1 is 1.64 bits per heavy atom. The molecule has 1 saturated heterocycles. The molecule has 0 aromatic rings. The van der Waals surface area contributed by atoms with Crippen molar-refractivity contribution in [1.29, 1.82) is 0 Å². The van der Waals surface area contributed by atoms with Crippen LogP contribution in [0.4, 0.5) is 0 Å². The second-order valence-corrected chi connectivity index (χ2v) is 3.82. The summed E-state index contributed by atoms with van der Waals surface area (Å²) >= 11 is 0. The molecular weight excluding hydrogens is 166 g/mol. The zero-order chi connectivity index (χ0) is 8.27. The second kappa shape index (κ2) is 4.04. The first-order valence-corrected chi connectivity index (χ1v) is 5.09. The molecule has 66 valence electrons. The summed E-state index contributed by atoms with van der Waals surface area (Å²) in [5.74, 6) is -0.118. The largest absolute Gasteiger partial charge is 0.390 e. The Bertz CT molecular complexity index is 178. The topological polar surface area (TPSA) is 66.4 Å². The van der Waals surface area contributed by atoms with Crippen LogP contribution in [0.15, 0.2) is 0 Å². The number of hydrogen-bond donors (Lipinski definition) is 3. The molecule has 5 heteroatoms. The summed E-state index contributed by atoms with van der Waals surface area (Å²) in [6.07, 6.45) is 1.18. The van der Waals surface area contributed by atoms with E-state index in [9.17, 15) is 13.5 Å². The summed E-state index contributed by atoms with van der Waals surface area (Å²) in [7, 11) is -2.45. The molecule has 1 aliphatic rings. The minimum absolute atomic E-state index is 0.0112. The van der Waals surface area contributed by atoms with E-state index in [1.165, 1.54) is 0 Å². The molecule has 0 unspecified atom stereocenters. The SMILES string of the molecule is O=[SH](=O)C[C@@H](O)[C@@H]1CCCN1. The van der Waals surface area contributed by atoms with Gasteiger partial charge in [-0.1, -0.05) is 0 Å². The lowest BCUT2D eigenvalue weighted by atomic mass is 10.1. The van der Waals surface area contributed by atoms with Crippen LogP contribution >= 0.6 is 0 Å². The van der Waals surface area contributed by atoms with Crippen LogP contribution in [0.25, 0.3) is 0 Å². The van der Waals surface area contributed by atoms with Crippen molar-refractivity contribution in [2.45, 2.75) is 25.0 Å². The number of aliphatic hydroxyl groups is 1. The van der Waals surface area contributed by atoms with Crippen molar-refractivity contribution in [2.75, 3.05) is 12.3 Å². The number of thiol groups is 1. The van der Waals surface area contributed by atoms with Crippen LogP contribution in [-0.2, 0) is 10.7 Å². The van der Waals surface area contributed by atoms with Gasteiger partial charge >= 0.3 is 0 Å². The minimum Gasteiger partial charge on any atom is -0.390 e. The Hall–Kier alpha value is -0.130. The highest BCUT2D eigenvalue weighted by Gasteiger charge is 2.22. The quantitative estimate of drug-likeness (QED) is 0.472. The van der Waals surface area contributed by atoms with E-state index in [2.05, 4.69) is 5.32 Å². The smallest absolute Gasteiger partial charge is 0.142 e. The fourth-order valence-corrected chi connectivity index (χ4v) is 1.88. The number of rotatable bonds is 3. The molecule has 0 aromatic heterocycles. The molecule has 0 aromatic carbocycles. The highest BCUT2D eigenvalue weighted by molar-refractivity contribution is 7.72. The molecule has 0 spiro atoms. The molecule has 4 nitrogen and oxygen atoms in total. The standard InChI is InChI=1S/C6H13NO3S/c8-6(4-11(9)10)5-2-1-3-7-5/h5-8,11H,1-4H2/t5-,6+/m0/s1. The summed E-state index contributed by atoms with van der Waals surface area (Å²) in [6.45, 7) is 0.886. The van der Waals surface area contributed by atoms with Gasteiger partial charge in [-0.3, -0.25) is 0 Å². The minimum atomic E-state index is -2.45. The Labute approximate surface area is 67.6 Å². The van der Waals surface area contributed by atoms with Crippen molar-refractivity contribution < 1.29 is 13.5 Å². The van der Waals surface area contributed by atoms with Gasteiger partial charge in [0.05, 0.1) is 11.9 Å². The third-order valence-electron chi connectivity index (χ3n) is 1.90. The van der Waals surface area contributed by atoms with Crippen LogP contribution < -0.4 is 5.32 Å². The highest BCUT2D eigenvalue weighted by Crippen LogP contribution is 2.08. The summed E-state index contributed by atoms with van der Waals surface area (Å²) in [5.41, 5.74) is 0. The van der Waals surface area contributed by atoms with E-state index < -0.39 is 16.8 Å². The number of nitrogens with one attached hydrogen (secondary N) is 1. The Balaban J connectivity index is 2.33. The molecular formula is C6H13NO3S.